The predicted molar refractivity (Wildman–Crippen MR) is 50.3 cm³/mol. The van der Waals surface area contributed by atoms with E-state index in [1.54, 1.807) is 0 Å². The summed E-state index contributed by atoms with van der Waals surface area (Å²) in [6.45, 7) is 1.87. The van der Waals surface area contributed by atoms with Crippen LogP contribution in [0.15, 0.2) is 11.4 Å². The average molecular weight is 197 g/mol. The average Bonchev–Trinajstić information content (AvgIpc) is 2.50. The highest BCUT2D eigenvalue weighted by molar-refractivity contribution is 7.10. The maximum Gasteiger partial charge on any atom is 0.115 e. The summed E-state index contributed by atoms with van der Waals surface area (Å²) in [5, 5.41) is 29.1. The van der Waals surface area contributed by atoms with Gasteiger partial charge in [0, 0.05) is 4.88 Å². The second-order valence-electron chi connectivity index (χ2n) is 2.84. The molecule has 0 spiro atoms. The first-order valence-corrected chi connectivity index (χ1v) is 4.82. The third-order valence-corrected chi connectivity index (χ3v) is 2.92. The largest absolute Gasteiger partial charge is 0.389 e. The van der Waals surface area contributed by atoms with Crippen LogP contribution >= 0.6 is 11.3 Å². The molecule has 70 valence electrons. The molecule has 13 heavy (non-hydrogen) atoms. The van der Waals surface area contributed by atoms with Crippen molar-refractivity contribution in [3.05, 3.63) is 21.9 Å². The van der Waals surface area contributed by atoms with Gasteiger partial charge in [0.05, 0.1) is 18.6 Å². The molecule has 0 bridgehead atoms. The molecule has 3 nitrogen and oxygen atoms in total. The zero-order valence-corrected chi connectivity index (χ0v) is 8.08. The van der Waals surface area contributed by atoms with Crippen LogP contribution in [0.4, 0.5) is 0 Å². The number of nitrogens with zero attached hydrogens (tertiary/aromatic N) is 1. The van der Waals surface area contributed by atoms with Crippen molar-refractivity contribution in [2.75, 3.05) is 0 Å². The standard InChI is InChI=1S/C9H11NO2S/c1-6-3-5-13-9(6)8(12)7(11)2-4-10/h3,5,7-8,11-12H,2H2,1H3. The Labute approximate surface area is 80.9 Å². The van der Waals surface area contributed by atoms with Gasteiger partial charge in [-0.25, -0.2) is 0 Å². The van der Waals surface area contributed by atoms with Crippen molar-refractivity contribution in [2.45, 2.75) is 25.6 Å². The summed E-state index contributed by atoms with van der Waals surface area (Å²) in [4.78, 5) is 0.739. The van der Waals surface area contributed by atoms with Crippen LogP contribution < -0.4 is 0 Å². The van der Waals surface area contributed by atoms with Crippen molar-refractivity contribution >= 4 is 11.3 Å². The Balaban J connectivity index is 2.74. The highest BCUT2D eigenvalue weighted by atomic mass is 32.1. The van der Waals surface area contributed by atoms with Gasteiger partial charge in [-0.1, -0.05) is 0 Å². The summed E-state index contributed by atoms with van der Waals surface area (Å²) in [6, 6.07) is 3.70. The van der Waals surface area contributed by atoms with E-state index in [0.717, 1.165) is 10.4 Å². The van der Waals surface area contributed by atoms with E-state index in [9.17, 15) is 10.2 Å². The number of thiophene rings is 1. The Kier molecular flexibility index (Phi) is 3.43. The van der Waals surface area contributed by atoms with Gasteiger partial charge in [-0.15, -0.1) is 11.3 Å². The summed E-state index contributed by atoms with van der Waals surface area (Å²) >= 11 is 1.39. The fourth-order valence-electron chi connectivity index (χ4n) is 1.07. The van der Waals surface area contributed by atoms with Crippen molar-refractivity contribution in [2.24, 2.45) is 0 Å². The molecule has 1 rings (SSSR count). The van der Waals surface area contributed by atoms with Gasteiger partial charge >= 0.3 is 0 Å². The number of hydrogen-bond acceptors (Lipinski definition) is 4. The van der Waals surface area contributed by atoms with Gasteiger partial charge in [-0.05, 0) is 23.9 Å². The first kappa shape index (κ1) is 10.2. The molecule has 2 unspecified atom stereocenters. The monoisotopic (exact) mass is 197 g/mol. The molecule has 0 radical (unpaired) electrons. The number of aliphatic hydroxyl groups excluding tert-OH is 2. The first-order valence-electron chi connectivity index (χ1n) is 3.94. The molecule has 0 aromatic carbocycles. The smallest absolute Gasteiger partial charge is 0.115 e. The maximum absolute atomic E-state index is 9.60. The summed E-state index contributed by atoms with van der Waals surface area (Å²) in [7, 11) is 0. The summed E-state index contributed by atoms with van der Waals surface area (Å²) in [5.41, 5.74) is 0.953. The number of hydrogen-bond donors (Lipinski definition) is 2. The van der Waals surface area contributed by atoms with E-state index in [1.165, 1.54) is 11.3 Å². The van der Waals surface area contributed by atoms with Gasteiger partial charge in [-0.3, -0.25) is 0 Å². The first-order chi connectivity index (χ1) is 6.16. The maximum atomic E-state index is 9.60. The Morgan fingerprint density at radius 3 is 2.77 bits per heavy atom. The molecule has 1 aromatic heterocycles. The van der Waals surface area contributed by atoms with Gasteiger partial charge in [0.25, 0.3) is 0 Å². The minimum absolute atomic E-state index is 0.0431. The zero-order valence-electron chi connectivity index (χ0n) is 7.27. The molecule has 0 saturated heterocycles. The Morgan fingerprint density at radius 2 is 2.31 bits per heavy atom. The van der Waals surface area contributed by atoms with Gasteiger partial charge in [0.15, 0.2) is 0 Å². The third-order valence-electron chi connectivity index (χ3n) is 1.84. The molecule has 0 aliphatic rings. The van der Waals surface area contributed by atoms with Crippen molar-refractivity contribution in [1.29, 1.82) is 5.26 Å². The lowest BCUT2D eigenvalue weighted by atomic mass is 10.1. The third kappa shape index (κ3) is 2.28. The van der Waals surface area contributed by atoms with E-state index < -0.39 is 12.2 Å². The molecule has 1 heterocycles. The highest BCUT2D eigenvalue weighted by Gasteiger charge is 2.20. The molecule has 0 aliphatic carbocycles. The topological polar surface area (TPSA) is 64.2 Å². The summed E-state index contributed by atoms with van der Waals surface area (Å²) < 4.78 is 0. The molecule has 4 heteroatoms. The normalized spacial score (nSPS) is 14.9. The van der Waals surface area contributed by atoms with Crippen LogP contribution in [0.25, 0.3) is 0 Å². The molecule has 0 fully saturated rings. The van der Waals surface area contributed by atoms with Crippen LogP contribution in [0.1, 0.15) is 23.0 Å². The van der Waals surface area contributed by atoms with Crippen molar-refractivity contribution in [3.8, 4) is 6.07 Å². The number of aliphatic hydroxyl groups is 2. The van der Waals surface area contributed by atoms with Crippen LogP contribution in [0.2, 0.25) is 0 Å². The van der Waals surface area contributed by atoms with Crippen LogP contribution in [0.5, 0.6) is 0 Å². The van der Waals surface area contributed by atoms with E-state index >= 15 is 0 Å². The van der Waals surface area contributed by atoms with Crippen molar-refractivity contribution in [1.82, 2.24) is 0 Å². The van der Waals surface area contributed by atoms with Crippen molar-refractivity contribution < 1.29 is 10.2 Å². The van der Waals surface area contributed by atoms with E-state index in [1.807, 2.05) is 24.4 Å². The number of rotatable bonds is 3. The molecule has 0 aliphatic heterocycles. The fraction of sp³-hybridized carbons (Fsp3) is 0.444. The zero-order chi connectivity index (χ0) is 9.84. The summed E-state index contributed by atoms with van der Waals surface area (Å²) in [6.07, 6.45) is -1.96. The second-order valence-corrected chi connectivity index (χ2v) is 3.79. The second kappa shape index (κ2) is 4.38. The van der Waals surface area contributed by atoms with Crippen LogP contribution in [-0.4, -0.2) is 16.3 Å². The molecule has 0 amide bonds. The molecular weight excluding hydrogens is 186 g/mol. The molecule has 1 aromatic rings. The Hall–Kier alpha value is -0.890. The van der Waals surface area contributed by atoms with Gasteiger partial charge in [0.1, 0.15) is 6.10 Å². The van der Waals surface area contributed by atoms with E-state index in [0.29, 0.717) is 0 Å². The Morgan fingerprint density at radius 1 is 1.62 bits per heavy atom. The predicted octanol–water partition coefficient (Wildman–Crippen LogP) is 1.36. The van der Waals surface area contributed by atoms with Crippen molar-refractivity contribution in [3.63, 3.8) is 0 Å². The molecule has 2 atom stereocenters. The molecule has 2 N–H and O–H groups in total. The lowest BCUT2D eigenvalue weighted by molar-refractivity contribution is 0.0235. The van der Waals surface area contributed by atoms with E-state index in [2.05, 4.69) is 0 Å². The van der Waals surface area contributed by atoms with E-state index in [4.69, 9.17) is 5.26 Å². The van der Waals surface area contributed by atoms with Crippen LogP contribution in [0, 0.1) is 18.3 Å². The minimum atomic E-state index is -0.984. The lowest BCUT2D eigenvalue weighted by Crippen LogP contribution is -2.16. The van der Waals surface area contributed by atoms with Crippen LogP contribution in [0.3, 0.4) is 0 Å². The molecular formula is C9H11NO2S. The van der Waals surface area contributed by atoms with Crippen LogP contribution in [-0.2, 0) is 0 Å². The Bertz CT molecular complexity index is 316. The van der Waals surface area contributed by atoms with Gasteiger partial charge in [0.2, 0.25) is 0 Å². The lowest BCUT2D eigenvalue weighted by Gasteiger charge is -2.14. The quantitative estimate of drug-likeness (QED) is 0.769. The minimum Gasteiger partial charge on any atom is -0.389 e. The summed E-state index contributed by atoms with van der Waals surface area (Å²) in [5.74, 6) is 0. The van der Waals surface area contributed by atoms with Gasteiger partial charge in [-0.2, -0.15) is 5.26 Å². The molecule has 0 saturated carbocycles. The fourth-order valence-corrected chi connectivity index (χ4v) is 2.04. The van der Waals surface area contributed by atoms with E-state index in [-0.39, 0.29) is 6.42 Å². The van der Waals surface area contributed by atoms with Gasteiger partial charge < -0.3 is 10.2 Å². The highest BCUT2D eigenvalue weighted by Crippen LogP contribution is 2.27. The number of aryl methyl sites for hydroxylation is 1. The SMILES string of the molecule is Cc1ccsc1C(O)C(O)CC#N. The number of nitriles is 1.